The van der Waals surface area contributed by atoms with Crippen molar-refractivity contribution in [2.75, 3.05) is 7.11 Å². The molecule has 0 amide bonds. The predicted molar refractivity (Wildman–Crippen MR) is 66.3 cm³/mol. The zero-order valence-electron chi connectivity index (χ0n) is 9.51. The largest absolute Gasteiger partial charge is 0.507 e. The molecule has 1 aromatic carbocycles. The number of carbonyl (C=O) groups excluding carboxylic acids is 1. The number of halogens is 1. The van der Waals surface area contributed by atoms with E-state index < -0.39 is 23.7 Å². The third-order valence-corrected chi connectivity index (χ3v) is 2.81. The first-order valence-corrected chi connectivity index (χ1v) is 5.74. The van der Waals surface area contributed by atoms with Crippen LogP contribution in [0.2, 0.25) is 0 Å². The van der Waals surface area contributed by atoms with Gasteiger partial charge < -0.3 is 20.7 Å². The number of nitrogens with two attached hydrogens (primary N) is 1. The fourth-order valence-electron chi connectivity index (χ4n) is 1.44. The zero-order chi connectivity index (χ0) is 13.9. The number of rotatable bonds is 4. The average Bonchev–Trinajstić information content (AvgIpc) is 2.30. The third-order valence-electron chi connectivity index (χ3n) is 2.35. The Kier molecular flexibility index (Phi) is 4.69. The molecule has 0 aliphatic carbocycles. The summed E-state index contributed by atoms with van der Waals surface area (Å²) in [5.41, 5.74) is 5.63. The van der Waals surface area contributed by atoms with E-state index >= 15 is 0 Å². The zero-order valence-corrected chi connectivity index (χ0v) is 11.1. The van der Waals surface area contributed by atoms with Crippen molar-refractivity contribution in [1.82, 2.24) is 0 Å². The normalized spacial score (nSPS) is 11.9. The van der Waals surface area contributed by atoms with Gasteiger partial charge >= 0.3 is 11.9 Å². The van der Waals surface area contributed by atoms with E-state index in [-0.39, 0.29) is 17.5 Å². The lowest BCUT2D eigenvalue weighted by Gasteiger charge is -2.14. The Bertz CT molecular complexity index is 489. The number of benzene rings is 1. The molecule has 1 rings (SSSR count). The maximum Gasteiger partial charge on any atom is 0.339 e. The summed E-state index contributed by atoms with van der Waals surface area (Å²) in [5, 5.41) is 18.7. The first-order valence-electron chi connectivity index (χ1n) is 4.95. The molecule has 0 fully saturated rings. The minimum absolute atomic E-state index is 0.153. The molecule has 6 nitrogen and oxygen atoms in total. The van der Waals surface area contributed by atoms with Crippen molar-refractivity contribution in [2.24, 2.45) is 5.73 Å². The van der Waals surface area contributed by atoms with Gasteiger partial charge in [-0.1, -0.05) is 15.9 Å². The lowest BCUT2D eigenvalue weighted by Crippen LogP contribution is -2.17. The van der Waals surface area contributed by atoms with E-state index in [2.05, 4.69) is 20.7 Å². The Hall–Kier alpha value is -1.60. The van der Waals surface area contributed by atoms with Crippen molar-refractivity contribution >= 4 is 27.9 Å². The van der Waals surface area contributed by atoms with Gasteiger partial charge in [-0.15, -0.1) is 0 Å². The summed E-state index contributed by atoms with van der Waals surface area (Å²) in [6, 6.07) is 1.88. The molecular weight excluding hydrogens is 306 g/mol. The lowest BCUT2D eigenvalue weighted by molar-refractivity contribution is -0.141. The van der Waals surface area contributed by atoms with Crippen LogP contribution in [0.15, 0.2) is 16.6 Å². The number of hydrogen-bond donors (Lipinski definition) is 3. The molecule has 7 heteroatoms. The van der Waals surface area contributed by atoms with Gasteiger partial charge in [0.15, 0.2) is 0 Å². The van der Waals surface area contributed by atoms with Gasteiger partial charge in [-0.2, -0.15) is 0 Å². The molecule has 0 saturated carbocycles. The Balaban J connectivity index is 3.16. The Morgan fingerprint density at radius 1 is 1.50 bits per heavy atom. The van der Waals surface area contributed by atoms with Crippen LogP contribution in [0.3, 0.4) is 0 Å². The maximum absolute atomic E-state index is 11.1. The number of esters is 1. The highest BCUT2D eigenvalue weighted by molar-refractivity contribution is 9.10. The molecule has 1 atom stereocenters. The number of hydrogen-bond acceptors (Lipinski definition) is 5. The Labute approximate surface area is 111 Å². The van der Waals surface area contributed by atoms with E-state index in [9.17, 15) is 14.7 Å². The van der Waals surface area contributed by atoms with E-state index in [1.165, 1.54) is 19.2 Å². The number of aromatic carboxylic acids is 1. The lowest BCUT2D eigenvalue weighted by atomic mass is 10.0. The molecule has 0 radical (unpaired) electrons. The van der Waals surface area contributed by atoms with E-state index in [0.717, 1.165) is 0 Å². The van der Waals surface area contributed by atoms with Gasteiger partial charge in [0.25, 0.3) is 0 Å². The molecule has 0 unspecified atom stereocenters. The Morgan fingerprint density at radius 2 is 2.11 bits per heavy atom. The summed E-state index contributed by atoms with van der Waals surface area (Å²) in [6.07, 6.45) is -0.153. The number of methoxy groups -OCH3 is 1. The van der Waals surface area contributed by atoms with Crippen LogP contribution in [-0.2, 0) is 9.53 Å². The summed E-state index contributed by atoms with van der Waals surface area (Å²) < 4.78 is 4.91. The molecule has 0 aromatic heterocycles. The number of carbonyl (C=O) groups is 2. The number of carboxylic acids is 1. The van der Waals surface area contributed by atoms with E-state index in [1.807, 2.05) is 0 Å². The summed E-state index contributed by atoms with van der Waals surface area (Å²) in [5.74, 6) is -2.26. The van der Waals surface area contributed by atoms with Crippen LogP contribution in [0.25, 0.3) is 0 Å². The summed E-state index contributed by atoms with van der Waals surface area (Å²) in [7, 11) is 1.22. The molecule has 0 bridgehead atoms. The second-order valence-corrected chi connectivity index (χ2v) is 4.50. The molecule has 4 N–H and O–H groups in total. The first kappa shape index (κ1) is 14.5. The van der Waals surface area contributed by atoms with Gasteiger partial charge in [-0.3, -0.25) is 4.79 Å². The quantitative estimate of drug-likeness (QED) is 0.724. The minimum Gasteiger partial charge on any atom is -0.507 e. The van der Waals surface area contributed by atoms with Gasteiger partial charge in [0.1, 0.15) is 11.3 Å². The smallest absolute Gasteiger partial charge is 0.339 e. The molecule has 18 heavy (non-hydrogen) atoms. The van der Waals surface area contributed by atoms with E-state index in [1.54, 1.807) is 0 Å². The van der Waals surface area contributed by atoms with Crippen molar-refractivity contribution in [3.63, 3.8) is 0 Å². The van der Waals surface area contributed by atoms with Gasteiger partial charge in [0, 0.05) is 16.1 Å². The monoisotopic (exact) mass is 317 g/mol. The molecular formula is C11H12BrNO5. The third kappa shape index (κ3) is 3.21. The maximum atomic E-state index is 11.1. The molecule has 1 aromatic rings. The fraction of sp³-hybridized carbons (Fsp3) is 0.273. The first-order chi connectivity index (χ1) is 8.36. The summed E-state index contributed by atoms with van der Waals surface area (Å²) in [6.45, 7) is 0. The second kappa shape index (κ2) is 5.83. The van der Waals surface area contributed by atoms with Crippen LogP contribution in [0.5, 0.6) is 5.75 Å². The molecule has 98 valence electrons. The summed E-state index contributed by atoms with van der Waals surface area (Å²) in [4.78, 5) is 22.0. The molecule has 0 spiro atoms. The van der Waals surface area contributed by atoms with Gasteiger partial charge in [-0.25, -0.2) is 4.79 Å². The van der Waals surface area contributed by atoms with Crippen LogP contribution >= 0.6 is 15.9 Å². The molecule has 0 aliphatic heterocycles. The predicted octanol–water partition coefficient (Wildman–Crippen LogP) is 1.42. The van der Waals surface area contributed by atoms with Crippen molar-refractivity contribution in [1.29, 1.82) is 0 Å². The SMILES string of the molecule is COC(=O)C[C@@H](N)c1cc(Br)cc(C(=O)O)c1O. The van der Waals surface area contributed by atoms with Gasteiger partial charge in [-0.05, 0) is 12.1 Å². The molecule has 0 heterocycles. The van der Waals surface area contributed by atoms with Crippen molar-refractivity contribution in [3.05, 3.63) is 27.7 Å². The van der Waals surface area contributed by atoms with Crippen molar-refractivity contribution in [3.8, 4) is 5.75 Å². The average molecular weight is 318 g/mol. The highest BCUT2D eigenvalue weighted by Gasteiger charge is 2.21. The summed E-state index contributed by atoms with van der Waals surface area (Å²) >= 11 is 3.12. The van der Waals surface area contributed by atoms with Crippen molar-refractivity contribution in [2.45, 2.75) is 12.5 Å². The Morgan fingerprint density at radius 3 is 2.61 bits per heavy atom. The van der Waals surface area contributed by atoms with Gasteiger partial charge in [0.2, 0.25) is 0 Å². The topological polar surface area (TPSA) is 110 Å². The van der Waals surface area contributed by atoms with E-state index in [4.69, 9.17) is 10.8 Å². The van der Waals surface area contributed by atoms with Crippen LogP contribution < -0.4 is 5.73 Å². The van der Waals surface area contributed by atoms with Gasteiger partial charge in [0.05, 0.1) is 13.5 Å². The van der Waals surface area contributed by atoms with Crippen LogP contribution in [-0.4, -0.2) is 29.3 Å². The standard InChI is InChI=1S/C11H12BrNO5/c1-18-9(14)4-8(13)6-2-5(12)3-7(10(6)15)11(16)17/h2-3,8,15H,4,13H2,1H3,(H,16,17)/t8-/m1/s1. The number of ether oxygens (including phenoxy) is 1. The van der Waals surface area contributed by atoms with Crippen LogP contribution in [0.4, 0.5) is 0 Å². The van der Waals surface area contributed by atoms with Crippen molar-refractivity contribution < 1.29 is 24.5 Å². The fourth-order valence-corrected chi connectivity index (χ4v) is 1.91. The molecule has 0 saturated heterocycles. The number of carboxylic acid groups (broad SMARTS) is 1. The highest BCUT2D eigenvalue weighted by Crippen LogP contribution is 2.32. The second-order valence-electron chi connectivity index (χ2n) is 3.58. The number of phenols is 1. The van der Waals surface area contributed by atoms with Crippen LogP contribution in [0, 0.1) is 0 Å². The molecule has 0 aliphatic rings. The number of aromatic hydroxyl groups is 1. The van der Waals surface area contributed by atoms with E-state index in [0.29, 0.717) is 4.47 Å². The highest BCUT2D eigenvalue weighted by atomic mass is 79.9. The minimum atomic E-state index is -1.28. The van der Waals surface area contributed by atoms with Crippen LogP contribution in [0.1, 0.15) is 28.4 Å².